The first-order valence-corrected chi connectivity index (χ1v) is 8.83. The first kappa shape index (κ1) is 16.9. The van der Waals surface area contributed by atoms with Gasteiger partial charge >= 0.3 is 0 Å². The van der Waals surface area contributed by atoms with E-state index in [1.54, 1.807) is 20.8 Å². The Hall–Kier alpha value is -1.19. The molecule has 1 rings (SSSR count). The Bertz CT molecular complexity index is 706. The van der Waals surface area contributed by atoms with Gasteiger partial charge in [0, 0.05) is 0 Å². The number of halogens is 1. The number of benzene rings is 1. The smallest absolute Gasteiger partial charge is 0.240 e. The van der Waals surface area contributed by atoms with E-state index in [0.29, 0.717) is 0 Å². The minimum atomic E-state index is -4.16. The van der Waals surface area contributed by atoms with Crippen molar-refractivity contribution in [1.29, 1.82) is 0 Å². The molecule has 0 saturated heterocycles. The molecular weight excluding hydrogens is 307 g/mol. The van der Waals surface area contributed by atoms with Crippen molar-refractivity contribution in [2.24, 2.45) is 10.6 Å². The lowest BCUT2D eigenvalue weighted by molar-refractivity contribution is 0.463. The van der Waals surface area contributed by atoms with Crippen molar-refractivity contribution in [2.45, 2.75) is 25.7 Å². The van der Waals surface area contributed by atoms with Crippen LogP contribution in [0.5, 0.6) is 0 Å². The summed E-state index contributed by atoms with van der Waals surface area (Å²) in [6, 6.07) is 2.58. The monoisotopic (exact) mass is 324 g/mol. The van der Waals surface area contributed by atoms with Crippen LogP contribution in [0, 0.1) is 11.2 Å². The highest BCUT2D eigenvalue weighted by molar-refractivity contribution is 7.93. The van der Waals surface area contributed by atoms with Gasteiger partial charge in [0.25, 0.3) is 0 Å². The highest BCUT2D eigenvalue weighted by Gasteiger charge is 2.24. The summed E-state index contributed by atoms with van der Waals surface area (Å²) in [7, 11) is -7.99. The molecule has 0 heterocycles. The van der Waals surface area contributed by atoms with Crippen molar-refractivity contribution in [3.63, 3.8) is 0 Å². The molecule has 0 aliphatic carbocycles. The minimum absolute atomic E-state index is 0.249. The van der Waals surface area contributed by atoms with Gasteiger partial charge in [-0.1, -0.05) is 20.8 Å². The third-order valence-corrected chi connectivity index (χ3v) is 4.88. The van der Waals surface area contributed by atoms with Crippen LogP contribution in [0.4, 0.5) is 10.1 Å². The molecule has 0 aromatic heterocycles. The van der Waals surface area contributed by atoms with Gasteiger partial charge in [0.15, 0.2) is 0 Å². The van der Waals surface area contributed by atoms with Gasteiger partial charge in [-0.15, -0.1) is 0 Å². The van der Waals surface area contributed by atoms with Crippen molar-refractivity contribution >= 4 is 25.7 Å². The number of hydrogen-bond acceptors (Lipinski definition) is 4. The van der Waals surface area contributed by atoms with Crippen LogP contribution < -0.4 is 9.86 Å². The average Bonchev–Trinajstić information content (AvgIpc) is 2.09. The van der Waals surface area contributed by atoms with Gasteiger partial charge < -0.3 is 0 Å². The maximum absolute atomic E-state index is 13.2. The van der Waals surface area contributed by atoms with E-state index in [1.807, 2.05) is 0 Å². The van der Waals surface area contributed by atoms with Crippen molar-refractivity contribution < 1.29 is 21.2 Å². The molecule has 20 heavy (non-hydrogen) atoms. The molecule has 0 bridgehead atoms. The maximum atomic E-state index is 13.2. The van der Waals surface area contributed by atoms with Gasteiger partial charge in [0.2, 0.25) is 20.0 Å². The lowest BCUT2D eigenvalue weighted by atomic mass is 10.0. The van der Waals surface area contributed by atoms with Gasteiger partial charge in [0.1, 0.15) is 10.7 Å². The Morgan fingerprint density at radius 2 is 1.75 bits per heavy atom. The predicted molar refractivity (Wildman–Crippen MR) is 74.6 cm³/mol. The van der Waals surface area contributed by atoms with Crippen LogP contribution in [0.3, 0.4) is 0 Å². The van der Waals surface area contributed by atoms with Gasteiger partial charge in [-0.2, -0.15) is 0 Å². The zero-order chi connectivity index (χ0) is 15.8. The van der Waals surface area contributed by atoms with E-state index in [9.17, 15) is 21.2 Å². The van der Waals surface area contributed by atoms with Gasteiger partial charge in [-0.25, -0.2) is 26.4 Å². The molecule has 0 amide bonds. The van der Waals surface area contributed by atoms with Crippen molar-refractivity contribution in [1.82, 2.24) is 0 Å². The molecule has 6 nitrogen and oxygen atoms in total. The quantitative estimate of drug-likeness (QED) is 0.869. The number of nitrogens with one attached hydrogen (secondary N) is 1. The van der Waals surface area contributed by atoms with E-state index in [1.165, 1.54) is 0 Å². The molecule has 1 aromatic carbocycles. The zero-order valence-corrected chi connectivity index (χ0v) is 13.0. The van der Waals surface area contributed by atoms with E-state index in [-0.39, 0.29) is 5.75 Å². The molecule has 0 fully saturated rings. The second-order valence-corrected chi connectivity index (χ2v) is 8.86. The number of anilines is 1. The molecule has 0 saturated carbocycles. The number of nitrogens with two attached hydrogens (primary N) is 1. The van der Waals surface area contributed by atoms with Crippen molar-refractivity contribution in [2.75, 3.05) is 10.5 Å². The molecule has 3 N–H and O–H groups in total. The SMILES string of the molecule is CC(C)(C)CS(=O)(=O)Nc1cc(F)ccc1S(N)(=O)=O. The van der Waals surface area contributed by atoms with Gasteiger partial charge in [0.05, 0.1) is 11.4 Å². The first-order chi connectivity index (χ1) is 8.80. The molecule has 0 spiro atoms. The van der Waals surface area contributed by atoms with Crippen molar-refractivity contribution in [3.05, 3.63) is 24.0 Å². The summed E-state index contributed by atoms with van der Waals surface area (Å²) in [5.74, 6) is -1.02. The third-order valence-electron chi connectivity index (χ3n) is 2.14. The third kappa shape index (κ3) is 5.06. The van der Waals surface area contributed by atoms with Gasteiger partial charge in [-0.05, 0) is 23.6 Å². The fourth-order valence-electron chi connectivity index (χ4n) is 1.60. The predicted octanol–water partition coefficient (Wildman–Crippen LogP) is 1.26. The van der Waals surface area contributed by atoms with Crippen LogP contribution in [0.2, 0.25) is 0 Å². The van der Waals surface area contributed by atoms with E-state index in [0.717, 1.165) is 18.2 Å². The Morgan fingerprint density at radius 3 is 2.20 bits per heavy atom. The Labute approximate surface area is 118 Å². The van der Waals surface area contributed by atoms with Crippen LogP contribution >= 0.6 is 0 Å². The summed E-state index contributed by atoms with van der Waals surface area (Å²) >= 11 is 0. The summed E-state index contributed by atoms with van der Waals surface area (Å²) in [5.41, 5.74) is -0.933. The Kier molecular flexibility index (Phi) is 4.47. The molecule has 9 heteroatoms. The normalized spacial score (nSPS) is 13.2. The maximum Gasteiger partial charge on any atom is 0.240 e. The second-order valence-electron chi connectivity index (χ2n) is 5.61. The Balaban J connectivity index is 3.25. The van der Waals surface area contributed by atoms with Crippen LogP contribution in [0.1, 0.15) is 20.8 Å². The summed E-state index contributed by atoms with van der Waals surface area (Å²) in [6.45, 7) is 5.12. The van der Waals surface area contributed by atoms with Crippen molar-refractivity contribution in [3.8, 4) is 0 Å². The lowest BCUT2D eigenvalue weighted by Gasteiger charge is -2.19. The van der Waals surface area contributed by atoms with E-state index < -0.39 is 41.9 Å². The van der Waals surface area contributed by atoms with Crippen LogP contribution in [-0.2, 0) is 20.0 Å². The molecule has 0 atom stereocenters. The zero-order valence-electron chi connectivity index (χ0n) is 11.3. The fourth-order valence-corrected chi connectivity index (χ4v) is 4.06. The fraction of sp³-hybridized carbons (Fsp3) is 0.455. The summed E-state index contributed by atoms with van der Waals surface area (Å²) in [4.78, 5) is -0.476. The molecular formula is C11H17FN2O4S2. The van der Waals surface area contributed by atoms with Crippen LogP contribution in [-0.4, -0.2) is 22.6 Å². The molecule has 0 aliphatic rings. The molecule has 0 aliphatic heterocycles. The van der Waals surface area contributed by atoms with Crippen LogP contribution in [0.15, 0.2) is 23.1 Å². The topological polar surface area (TPSA) is 106 Å². The first-order valence-electron chi connectivity index (χ1n) is 5.63. The number of hydrogen-bond donors (Lipinski definition) is 2. The Morgan fingerprint density at radius 1 is 1.20 bits per heavy atom. The largest absolute Gasteiger partial charge is 0.282 e. The molecule has 0 radical (unpaired) electrons. The standard InChI is InChI=1S/C11H17FN2O4S2/c1-11(2,3)7-19(15,16)14-9-6-8(12)4-5-10(9)20(13,17)18/h4-6,14H,7H2,1-3H3,(H2,13,17,18). The second kappa shape index (κ2) is 5.30. The molecule has 0 unspecified atom stereocenters. The molecule has 114 valence electrons. The highest BCUT2D eigenvalue weighted by Crippen LogP contribution is 2.24. The summed E-state index contributed by atoms with van der Waals surface area (Å²) < 4.78 is 61.8. The number of sulfonamides is 2. The number of rotatable bonds is 4. The minimum Gasteiger partial charge on any atom is -0.282 e. The van der Waals surface area contributed by atoms with E-state index in [4.69, 9.17) is 5.14 Å². The van der Waals surface area contributed by atoms with Crippen LogP contribution in [0.25, 0.3) is 0 Å². The highest BCUT2D eigenvalue weighted by atomic mass is 32.2. The van der Waals surface area contributed by atoms with Gasteiger partial charge in [-0.3, -0.25) is 4.72 Å². The van der Waals surface area contributed by atoms with E-state index >= 15 is 0 Å². The average molecular weight is 324 g/mol. The lowest BCUT2D eigenvalue weighted by Crippen LogP contribution is -2.27. The summed E-state index contributed by atoms with van der Waals surface area (Å²) in [6.07, 6.45) is 0. The summed E-state index contributed by atoms with van der Waals surface area (Å²) in [5, 5.41) is 4.97. The van der Waals surface area contributed by atoms with E-state index in [2.05, 4.69) is 4.72 Å². The molecule has 1 aromatic rings. The number of primary sulfonamides is 1.